The normalized spacial score (nSPS) is 29.4. The van der Waals surface area contributed by atoms with Crippen LogP contribution in [0.15, 0.2) is 11.1 Å². The van der Waals surface area contributed by atoms with Crippen molar-refractivity contribution in [3.63, 3.8) is 0 Å². The second-order valence-electron chi connectivity index (χ2n) is 8.52. The number of aromatic amines is 1. The predicted octanol–water partition coefficient (Wildman–Crippen LogP) is -1.48. The van der Waals surface area contributed by atoms with E-state index in [-0.39, 0.29) is 48.4 Å². The van der Waals surface area contributed by atoms with Gasteiger partial charge < -0.3 is 44.4 Å². The van der Waals surface area contributed by atoms with Crippen LogP contribution in [0.5, 0.6) is 0 Å². The number of likely N-dealkylation sites (tertiary alicyclic amines) is 1. The van der Waals surface area contributed by atoms with Crippen LogP contribution in [-0.2, 0) is 27.7 Å². The lowest BCUT2D eigenvalue weighted by Crippen LogP contribution is -2.33. The van der Waals surface area contributed by atoms with Crippen LogP contribution in [0.2, 0.25) is 0 Å². The largest absolute Gasteiger partial charge is 0.387 e. The summed E-state index contributed by atoms with van der Waals surface area (Å²) in [5, 5.41) is 20.8. The number of carbonyl (C=O) groups excluding carboxylic acids is 1. The molecule has 7 atom stereocenters. The summed E-state index contributed by atoms with van der Waals surface area (Å²) in [5.41, 5.74) is 4.77. The second kappa shape index (κ2) is 10.7. The van der Waals surface area contributed by atoms with Crippen molar-refractivity contribution in [1.82, 2.24) is 24.4 Å². The lowest BCUT2D eigenvalue weighted by molar-refractivity contribution is -0.127. The summed E-state index contributed by atoms with van der Waals surface area (Å²) in [6.45, 7) is -0.483. The minimum atomic E-state index is -4.75. The van der Waals surface area contributed by atoms with Gasteiger partial charge in [0.25, 0.3) is 5.56 Å². The number of amides is 1. The molecule has 206 valence electrons. The molecule has 37 heavy (non-hydrogen) atoms. The van der Waals surface area contributed by atoms with Crippen molar-refractivity contribution >= 4 is 49.8 Å². The van der Waals surface area contributed by atoms with Gasteiger partial charge in [0.05, 0.1) is 19.0 Å². The van der Waals surface area contributed by atoms with E-state index < -0.39 is 63.9 Å². The van der Waals surface area contributed by atoms with Gasteiger partial charge in [-0.15, -0.1) is 11.6 Å². The zero-order valence-electron chi connectivity index (χ0n) is 19.0. The molecule has 2 aromatic heterocycles. The third-order valence-corrected chi connectivity index (χ3v) is 10.1. The molecule has 2 aliphatic heterocycles. The Bertz CT molecular complexity index is 1320. The zero-order chi connectivity index (χ0) is 27.1. The Labute approximate surface area is 213 Å². The number of ether oxygens (including phenoxy) is 1. The number of aliphatic hydroxyl groups excluding tert-OH is 2. The number of H-pyrrole nitrogens is 1. The number of hydrogen-bond acceptors (Lipinski definition) is 12. The van der Waals surface area contributed by atoms with Crippen molar-refractivity contribution in [2.45, 2.75) is 37.1 Å². The monoisotopic (exact) mass is 586 g/mol. The lowest BCUT2D eigenvalue weighted by atomic mass is 10.1. The van der Waals surface area contributed by atoms with E-state index in [2.05, 4.69) is 15.0 Å². The molecule has 0 aliphatic carbocycles. The summed E-state index contributed by atoms with van der Waals surface area (Å²) >= 11 is 5.49. The quantitative estimate of drug-likeness (QED) is 0.145. The Kier molecular flexibility index (Phi) is 8.12. The molecule has 4 heterocycles. The van der Waals surface area contributed by atoms with Crippen LogP contribution in [0.3, 0.4) is 0 Å². The summed E-state index contributed by atoms with van der Waals surface area (Å²) in [7, 11) is -9.38. The van der Waals surface area contributed by atoms with Crippen LogP contribution < -0.4 is 11.3 Å². The fraction of sp³-hybridized carbons (Fsp3) is 0.647. The number of hydrogen-bond donors (Lipinski definition) is 6. The first kappa shape index (κ1) is 28.1. The number of imidazole rings is 1. The smallest absolute Gasteiger partial charge is 0.340 e. The minimum absolute atomic E-state index is 0.00335. The molecule has 3 unspecified atom stereocenters. The van der Waals surface area contributed by atoms with Crippen molar-refractivity contribution in [3.05, 3.63) is 16.7 Å². The number of anilines is 1. The molecule has 1 amide bonds. The maximum atomic E-state index is 12.5. The number of alkyl halides is 1. The number of halogens is 1. The Morgan fingerprint density at radius 2 is 2.03 bits per heavy atom. The number of carbonyl (C=O) groups is 1. The van der Waals surface area contributed by atoms with Crippen LogP contribution in [0.1, 0.15) is 12.6 Å². The first-order valence-electron chi connectivity index (χ1n) is 10.8. The van der Waals surface area contributed by atoms with Crippen LogP contribution >= 0.6 is 26.8 Å². The number of aromatic nitrogens is 4. The molecule has 4 rings (SSSR count). The van der Waals surface area contributed by atoms with E-state index in [1.807, 2.05) is 0 Å². The highest BCUT2D eigenvalue weighted by atomic mass is 35.5. The van der Waals surface area contributed by atoms with Gasteiger partial charge in [0.1, 0.15) is 24.2 Å². The predicted molar refractivity (Wildman–Crippen MR) is 126 cm³/mol. The topological polar surface area (TPSA) is 253 Å². The number of nitrogen functional groups attached to an aromatic ring is 1. The van der Waals surface area contributed by atoms with Crippen LogP contribution in [0, 0.1) is 0 Å². The molecule has 17 nitrogen and oxygen atoms in total. The van der Waals surface area contributed by atoms with E-state index >= 15 is 0 Å². The van der Waals surface area contributed by atoms with Gasteiger partial charge >= 0.3 is 15.2 Å². The summed E-state index contributed by atoms with van der Waals surface area (Å²) in [6, 6.07) is 0. The molecule has 7 N–H and O–H groups in total. The van der Waals surface area contributed by atoms with Gasteiger partial charge in [-0.2, -0.15) is 4.98 Å². The highest BCUT2D eigenvalue weighted by Gasteiger charge is 2.46. The Morgan fingerprint density at radius 1 is 1.30 bits per heavy atom. The fourth-order valence-electron chi connectivity index (χ4n) is 4.07. The van der Waals surface area contributed by atoms with E-state index in [9.17, 15) is 38.7 Å². The van der Waals surface area contributed by atoms with Gasteiger partial charge in [0.2, 0.25) is 11.9 Å². The van der Waals surface area contributed by atoms with Crippen molar-refractivity contribution in [2.24, 2.45) is 0 Å². The van der Waals surface area contributed by atoms with E-state index in [4.69, 9.17) is 31.1 Å². The molecule has 0 bridgehead atoms. The van der Waals surface area contributed by atoms with Gasteiger partial charge in [0, 0.05) is 13.1 Å². The lowest BCUT2D eigenvalue weighted by Gasteiger charge is -2.21. The van der Waals surface area contributed by atoms with E-state index in [0.717, 1.165) is 10.9 Å². The van der Waals surface area contributed by atoms with Crippen molar-refractivity contribution in [3.8, 4) is 0 Å². The molecular formula is C17H25ClN6O11P2. The molecular weight excluding hydrogens is 562 g/mol. The molecule has 0 saturated carbocycles. The Balaban J connectivity index is 1.36. The fourth-order valence-corrected chi connectivity index (χ4v) is 7.66. The molecule has 0 aromatic carbocycles. The molecule has 20 heteroatoms. The van der Waals surface area contributed by atoms with Gasteiger partial charge in [-0.3, -0.25) is 28.3 Å². The number of nitrogens with two attached hydrogens (primary N) is 1. The first-order valence-corrected chi connectivity index (χ1v) is 14.9. The summed E-state index contributed by atoms with van der Waals surface area (Å²) < 4.78 is 41.6. The number of aliphatic hydroxyl groups is 2. The maximum absolute atomic E-state index is 12.5. The molecule has 2 aromatic rings. The zero-order valence-corrected chi connectivity index (χ0v) is 21.5. The number of fused-ring (bicyclic) bond motifs is 1. The van der Waals surface area contributed by atoms with Crippen LogP contribution in [0.25, 0.3) is 11.2 Å². The standard InChI is InChI=1S/C17H25ClN6O11P2/c18-3-10(25)23-2-1-8(4-23)35-37(31,32)7-36(29,30)33-5-9-12(26)13(27)16(34-9)24-6-20-11-14(24)21-17(19)22-15(11)28/h6,8-9,12-13,16,26-27H,1-5,7H2,(H,29,30)(H,31,32)(H3,19,21,22,28)/t8?,9-,12-,13-,16-/m1/s1. The van der Waals surface area contributed by atoms with Crippen LogP contribution in [-0.4, -0.2) is 106 Å². The summed E-state index contributed by atoms with van der Waals surface area (Å²) in [6.07, 6.45) is -5.31. The first-order chi connectivity index (χ1) is 17.3. The summed E-state index contributed by atoms with van der Waals surface area (Å²) in [5.74, 6) is -2.11. The van der Waals surface area contributed by atoms with E-state index in [1.54, 1.807) is 0 Å². The number of nitrogens with one attached hydrogen (secondary N) is 1. The summed E-state index contributed by atoms with van der Waals surface area (Å²) in [4.78, 5) is 55.3. The number of nitrogens with zero attached hydrogens (tertiary/aromatic N) is 4. The minimum Gasteiger partial charge on any atom is -0.387 e. The SMILES string of the molecule is Nc1nc2c(ncn2[C@@H]2O[C@H](COP(=O)(O)CP(=O)(O)OC3CCN(C(=O)CCl)C3)[C@@H](O)[C@H]2O)c(=O)[nH]1. The highest BCUT2D eigenvalue weighted by Crippen LogP contribution is 2.59. The van der Waals surface area contributed by atoms with Gasteiger partial charge in [0.15, 0.2) is 23.3 Å². The molecule has 2 saturated heterocycles. The third kappa shape index (κ3) is 6.23. The van der Waals surface area contributed by atoms with Gasteiger partial charge in [-0.1, -0.05) is 0 Å². The third-order valence-electron chi connectivity index (χ3n) is 5.79. The molecule has 0 radical (unpaired) electrons. The van der Waals surface area contributed by atoms with Crippen LogP contribution in [0.4, 0.5) is 5.95 Å². The maximum Gasteiger partial charge on any atom is 0.340 e. The van der Waals surface area contributed by atoms with Gasteiger partial charge in [-0.25, -0.2) is 4.98 Å². The number of rotatable bonds is 9. The molecule has 2 fully saturated rings. The Hall–Kier alpha value is -1.91. The average molecular weight is 587 g/mol. The average Bonchev–Trinajstić information content (AvgIpc) is 3.50. The van der Waals surface area contributed by atoms with Crippen molar-refractivity contribution in [2.75, 3.05) is 37.2 Å². The van der Waals surface area contributed by atoms with Crippen molar-refractivity contribution < 1.29 is 47.7 Å². The highest BCUT2D eigenvalue weighted by molar-refractivity contribution is 7.70. The second-order valence-corrected chi connectivity index (χ2v) is 12.9. The van der Waals surface area contributed by atoms with E-state index in [1.165, 1.54) is 4.90 Å². The molecule has 0 spiro atoms. The Morgan fingerprint density at radius 3 is 2.73 bits per heavy atom. The van der Waals surface area contributed by atoms with E-state index in [0.29, 0.717) is 0 Å². The van der Waals surface area contributed by atoms with Gasteiger partial charge in [-0.05, 0) is 6.42 Å². The molecule has 2 aliphatic rings. The van der Waals surface area contributed by atoms with Crippen molar-refractivity contribution in [1.29, 1.82) is 0 Å².